The van der Waals surface area contributed by atoms with Gasteiger partial charge in [-0.15, -0.1) is 0 Å². The zero-order chi connectivity index (χ0) is 10.9. The van der Waals surface area contributed by atoms with E-state index in [1.165, 1.54) is 11.1 Å². The Balaban J connectivity index is 3.02. The predicted molar refractivity (Wildman–Crippen MR) is 59.9 cm³/mol. The molecule has 1 heteroatoms. The van der Waals surface area contributed by atoms with Gasteiger partial charge in [0.05, 0.1) is 0 Å². The molecular weight excluding hydrogens is 208 g/mol. The zero-order valence-corrected chi connectivity index (χ0v) is 11.2. The van der Waals surface area contributed by atoms with Crippen LogP contribution in [0.4, 0.5) is 0 Å². The van der Waals surface area contributed by atoms with Crippen molar-refractivity contribution in [1.29, 1.82) is 0 Å². The molecule has 14 heavy (non-hydrogen) atoms. The van der Waals surface area contributed by atoms with Crippen molar-refractivity contribution in [2.45, 2.75) is 39.9 Å². The second-order valence-corrected chi connectivity index (χ2v) is 6.04. The van der Waals surface area contributed by atoms with Crippen molar-refractivity contribution in [3.63, 3.8) is 0 Å². The van der Waals surface area contributed by atoms with E-state index >= 15 is 0 Å². The molecule has 0 unspecified atom stereocenters. The minimum atomic E-state index is 0.303. The Hall–Kier alpha value is -0.248. The fraction of sp³-hybridized carbons (Fsp3) is 0.538. The van der Waals surface area contributed by atoms with Crippen molar-refractivity contribution >= 4 is 0 Å². The van der Waals surface area contributed by atoms with E-state index in [2.05, 4.69) is 41.2 Å². The molecule has 0 aliphatic heterocycles. The van der Waals surface area contributed by atoms with Crippen molar-refractivity contribution in [3.8, 4) is 0 Å². The van der Waals surface area contributed by atoms with Gasteiger partial charge in [0.1, 0.15) is 0 Å². The Labute approximate surface area is 94.5 Å². The van der Waals surface area contributed by atoms with Gasteiger partial charge in [-0.1, -0.05) is 0 Å². The van der Waals surface area contributed by atoms with Crippen LogP contribution in [0.5, 0.6) is 0 Å². The second kappa shape index (κ2) is 4.09. The van der Waals surface area contributed by atoms with Gasteiger partial charge in [-0.2, -0.15) is 0 Å². The van der Waals surface area contributed by atoms with Crippen molar-refractivity contribution in [2.24, 2.45) is 5.41 Å². The fourth-order valence-corrected chi connectivity index (χ4v) is 3.81. The zero-order valence-electron chi connectivity index (χ0n) is 9.90. The normalized spacial score (nSPS) is 20.6. The molecule has 1 aliphatic rings. The monoisotopic (exact) mass is 228 g/mol. The Kier molecular flexibility index (Phi) is 3.45. The van der Waals surface area contributed by atoms with Crippen LogP contribution in [0.15, 0.2) is 33.8 Å². The summed E-state index contributed by atoms with van der Waals surface area (Å²) in [5.74, 6) is 0. The van der Waals surface area contributed by atoms with Crippen LogP contribution in [0.25, 0.3) is 0 Å². The number of hydrogen-bond acceptors (Lipinski definition) is 0. The van der Waals surface area contributed by atoms with Crippen molar-refractivity contribution in [1.82, 2.24) is 0 Å². The van der Waals surface area contributed by atoms with E-state index in [1.54, 1.807) is 10.0 Å². The van der Waals surface area contributed by atoms with Crippen LogP contribution in [-0.4, -0.2) is 0 Å². The quantitative estimate of drug-likeness (QED) is 0.631. The predicted octanol–water partition coefficient (Wildman–Crippen LogP) is 4.32. The topological polar surface area (TPSA) is 0 Å². The molecule has 0 fully saturated rings. The molecule has 0 aromatic heterocycles. The van der Waals surface area contributed by atoms with E-state index in [0.29, 0.717) is 20.6 Å². The third-order valence-electron chi connectivity index (χ3n) is 3.32. The molecule has 0 radical (unpaired) electrons. The molecule has 78 valence electrons. The molecule has 0 saturated heterocycles. The maximum absolute atomic E-state index is 3.81. The first-order valence-electron chi connectivity index (χ1n) is 5.06. The minimum absolute atomic E-state index is 0.303. The molecule has 1 aliphatic carbocycles. The summed E-state index contributed by atoms with van der Waals surface area (Å²) < 4.78 is 1.67. The van der Waals surface area contributed by atoms with Gasteiger partial charge in [0, 0.05) is 0 Å². The van der Waals surface area contributed by atoms with E-state index in [-0.39, 0.29) is 0 Å². The molecule has 0 amide bonds. The number of allylic oxidation sites excluding steroid dienone is 5. The molecule has 1 rings (SSSR count). The molecule has 0 aromatic carbocycles. The summed E-state index contributed by atoms with van der Waals surface area (Å²) in [6.07, 6.45) is 2.04. The second-order valence-electron chi connectivity index (χ2n) is 4.43. The van der Waals surface area contributed by atoms with Crippen LogP contribution in [0, 0.1) is 5.41 Å². The average molecular weight is 228 g/mol. The van der Waals surface area contributed by atoms with E-state index in [4.69, 9.17) is 0 Å². The van der Waals surface area contributed by atoms with E-state index in [9.17, 15) is 0 Å². The van der Waals surface area contributed by atoms with Crippen molar-refractivity contribution in [2.75, 3.05) is 0 Å². The molecule has 0 saturated carbocycles. The van der Waals surface area contributed by atoms with Gasteiger partial charge in [-0.25, -0.2) is 0 Å². The van der Waals surface area contributed by atoms with E-state index < -0.39 is 0 Å². The Morgan fingerprint density at radius 2 is 1.79 bits per heavy atom. The summed E-state index contributed by atoms with van der Waals surface area (Å²) in [7, 11) is 0. The molecule has 0 nitrogen and oxygen atoms in total. The molecule has 0 bridgehead atoms. The van der Waals surface area contributed by atoms with Crippen LogP contribution in [0.2, 0.25) is 5.28 Å². The van der Waals surface area contributed by atoms with Gasteiger partial charge in [-0.05, 0) is 0 Å². The maximum atomic E-state index is 3.81. The standard InChI is InChI=1S/C10H15.C3H5.Cr/c1-7-6-10(4,5)9(3)8(7)2;1-3-2;/h1-5H3;3H,1-2H2;. The first kappa shape index (κ1) is 11.8. The average Bonchev–Trinajstić information content (AvgIpc) is 2.27. The third kappa shape index (κ3) is 1.76. The van der Waals surface area contributed by atoms with Gasteiger partial charge < -0.3 is 0 Å². The summed E-state index contributed by atoms with van der Waals surface area (Å²) in [6, 6.07) is 0. The molecule has 0 atom stereocenters. The summed E-state index contributed by atoms with van der Waals surface area (Å²) in [4.78, 5) is 0. The Morgan fingerprint density at radius 3 is 2.14 bits per heavy atom. The molecule has 0 N–H and O–H groups in total. The third-order valence-corrected chi connectivity index (χ3v) is 5.67. The number of hydrogen-bond donors (Lipinski definition) is 0. The summed E-state index contributed by atoms with van der Waals surface area (Å²) >= 11 is 0.592. The first-order valence-corrected chi connectivity index (χ1v) is 6.60. The van der Waals surface area contributed by atoms with Gasteiger partial charge in [0.25, 0.3) is 0 Å². The fourth-order valence-electron chi connectivity index (χ4n) is 1.99. The van der Waals surface area contributed by atoms with Crippen LogP contribution >= 0.6 is 0 Å². The van der Waals surface area contributed by atoms with E-state index in [0.717, 1.165) is 5.28 Å². The van der Waals surface area contributed by atoms with Gasteiger partial charge >= 0.3 is 94.3 Å². The summed E-state index contributed by atoms with van der Waals surface area (Å²) in [6.45, 7) is 15.3. The van der Waals surface area contributed by atoms with Crippen molar-refractivity contribution < 1.29 is 15.2 Å². The molecule has 0 heterocycles. The van der Waals surface area contributed by atoms with Crippen LogP contribution in [0.1, 0.15) is 34.6 Å². The van der Waals surface area contributed by atoms with Crippen LogP contribution in [0.3, 0.4) is 0 Å². The van der Waals surface area contributed by atoms with Crippen molar-refractivity contribution in [3.05, 3.63) is 33.8 Å². The van der Waals surface area contributed by atoms with Gasteiger partial charge in [-0.3, -0.25) is 0 Å². The summed E-state index contributed by atoms with van der Waals surface area (Å²) in [5.41, 5.74) is 4.90. The van der Waals surface area contributed by atoms with Gasteiger partial charge in [0.2, 0.25) is 0 Å². The summed E-state index contributed by atoms with van der Waals surface area (Å²) in [5, 5.41) is 1.16. The van der Waals surface area contributed by atoms with Crippen LogP contribution in [-0.2, 0) is 15.2 Å². The van der Waals surface area contributed by atoms with Crippen LogP contribution < -0.4 is 0 Å². The molecule has 0 aromatic rings. The van der Waals surface area contributed by atoms with Gasteiger partial charge in [0.15, 0.2) is 0 Å². The molecular formula is C13H20Cr. The Bertz CT molecular complexity index is 316. The first-order chi connectivity index (χ1) is 6.42. The van der Waals surface area contributed by atoms with E-state index in [1.807, 2.05) is 6.08 Å². The Morgan fingerprint density at radius 1 is 1.21 bits per heavy atom. The SMILES string of the molecule is C=C[CH2][Cr][C]1=C(C)C(C)=C(C)C1(C)C. The number of rotatable bonds is 3. The molecule has 0 spiro atoms.